The van der Waals surface area contributed by atoms with Gasteiger partial charge in [-0.15, -0.1) is 0 Å². The van der Waals surface area contributed by atoms with Crippen molar-refractivity contribution in [3.05, 3.63) is 72.2 Å². The molecule has 6 heteroatoms. The number of nitrogens with one attached hydrogen (secondary N) is 2. The Morgan fingerprint density at radius 3 is 2.38 bits per heavy atom. The van der Waals surface area contributed by atoms with Gasteiger partial charge in [0.15, 0.2) is 0 Å². The Hall–Kier alpha value is -3.41. The van der Waals surface area contributed by atoms with Gasteiger partial charge < -0.3 is 15.5 Å². The molecule has 148 valence electrons. The minimum absolute atomic E-state index is 0.274. The topological polar surface area (TPSA) is 70.2 Å². The van der Waals surface area contributed by atoms with Crippen molar-refractivity contribution < 1.29 is 4.79 Å². The molecule has 4 rings (SSSR count). The van der Waals surface area contributed by atoms with E-state index in [-0.39, 0.29) is 11.6 Å². The second-order valence-electron chi connectivity index (χ2n) is 7.28. The maximum atomic E-state index is 12.4. The lowest BCUT2D eigenvalue weighted by Gasteiger charge is -2.28. The summed E-state index contributed by atoms with van der Waals surface area (Å²) in [5.41, 5.74) is 4.25. The lowest BCUT2D eigenvalue weighted by Crippen LogP contribution is -2.29. The van der Waals surface area contributed by atoms with Crippen LogP contribution in [-0.4, -0.2) is 29.0 Å². The number of rotatable bonds is 5. The number of piperidine rings is 1. The summed E-state index contributed by atoms with van der Waals surface area (Å²) >= 11 is 0. The van der Waals surface area contributed by atoms with E-state index in [4.69, 9.17) is 0 Å². The standard InChI is InChI=1S/C23H25N5O/c1-17-7-3-4-8-20(17)27-23(29)21-15-25-22(16-24-21)26-18-9-11-19(12-10-18)28-13-5-2-6-14-28/h3-4,7-12,15-16H,2,5-6,13-14H2,1H3,(H,25,26)(H,27,29). The smallest absolute Gasteiger partial charge is 0.275 e. The predicted octanol–water partition coefficient (Wildman–Crippen LogP) is 4.77. The van der Waals surface area contributed by atoms with Crippen molar-refractivity contribution in [2.24, 2.45) is 0 Å². The number of aryl methyl sites for hydroxylation is 1. The average Bonchev–Trinajstić information content (AvgIpc) is 2.77. The number of benzene rings is 2. The third-order valence-electron chi connectivity index (χ3n) is 5.14. The summed E-state index contributed by atoms with van der Waals surface area (Å²) < 4.78 is 0. The first-order chi connectivity index (χ1) is 14.2. The lowest BCUT2D eigenvalue weighted by molar-refractivity contribution is 0.102. The molecule has 1 aliphatic heterocycles. The molecular weight excluding hydrogens is 362 g/mol. The predicted molar refractivity (Wildman–Crippen MR) is 117 cm³/mol. The molecule has 1 saturated heterocycles. The van der Waals surface area contributed by atoms with Gasteiger partial charge in [0, 0.05) is 30.2 Å². The Labute approximate surface area is 171 Å². The molecule has 1 amide bonds. The number of para-hydroxylation sites is 1. The first-order valence-electron chi connectivity index (χ1n) is 10.00. The van der Waals surface area contributed by atoms with Gasteiger partial charge >= 0.3 is 0 Å². The molecule has 6 nitrogen and oxygen atoms in total. The van der Waals surface area contributed by atoms with Crippen molar-refractivity contribution in [3.8, 4) is 0 Å². The van der Waals surface area contributed by atoms with Gasteiger partial charge in [-0.3, -0.25) is 4.79 Å². The monoisotopic (exact) mass is 387 g/mol. The number of hydrogen-bond donors (Lipinski definition) is 2. The van der Waals surface area contributed by atoms with Crippen LogP contribution in [0.2, 0.25) is 0 Å². The number of aromatic nitrogens is 2. The summed E-state index contributed by atoms with van der Waals surface area (Å²) in [7, 11) is 0. The second kappa shape index (κ2) is 8.73. The molecule has 0 unspecified atom stereocenters. The first-order valence-corrected chi connectivity index (χ1v) is 10.00. The van der Waals surface area contributed by atoms with E-state index < -0.39 is 0 Å². The summed E-state index contributed by atoms with van der Waals surface area (Å²) in [4.78, 5) is 23.4. The molecule has 0 bridgehead atoms. The van der Waals surface area contributed by atoms with Crippen LogP contribution < -0.4 is 15.5 Å². The molecule has 3 aromatic rings. The summed E-state index contributed by atoms with van der Waals surface area (Å²) in [5, 5.41) is 6.10. The quantitative estimate of drug-likeness (QED) is 0.660. The zero-order valence-electron chi connectivity index (χ0n) is 16.6. The molecule has 2 N–H and O–H groups in total. The van der Waals surface area contributed by atoms with Crippen LogP contribution in [-0.2, 0) is 0 Å². The van der Waals surface area contributed by atoms with Crippen molar-refractivity contribution in [1.82, 2.24) is 9.97 Å². The molecule has 1 fully saturated rings. The van der Waals surface area contributed by atoms with Crippen LogP contribution in [0.4, 0.5) is 22.9 Å². The highest BCUT2D eigenvalue weighted by molar-refractivity contribution is 6.03. The van der Waals surface area contributed by atoms with Crippen molar-refractivity contribution in [3.63, 3.8) is 0 Å². The molecule has 2 heterocycles. The molecule has 1 aromatic heterocycles. The van der Waals surface area contributed by atoms with Crippen molar-refractivity contribution in [1.29, 1.82) is 0 Å². The van der Waals surface area contributed by atoms with Gasteiger partial charge in [0.05, 0.1) is 12.4 Å². The van der Waals surface area contributed by atoms with Gasteiger partial charge in [0.2, 0.25) is 0 Å². The van der Waals surface area contributed by atoms with E-state index in [9.17, 15) is 4.79 Å². The van der Waals surface area contributed by atoms with Gasteiger partial charge in [0.1, 0.15) is 11.5 Å². The van der Waals surface area contributed by atoms with E-state index in [0.29, 0.717) is 5.82 Å². The highest BCUT2D eigenvalue weighted by Gasteiger charge is 2.12. The van der Waals surface area contributed by atoms with E-state index in [1.807, 2.05) is 43.3 Å². The molecule has 0 aliphatic carbocycles. The Balaban J connectivity index is 1.38. The van der Waals surface area contributed by atoms with Gasteiger partial charge in [-0.25, -0.2) is 9.97 Å². The Bertz CT molecular complexity index is 963. The number of amides is 1. The summed E-state index contributed by atoms with van der Waals surface area (Å²) in [6, 6.07) is 16.0. The van der Waals surface area contributed by atoms with E-state index in [1.54, 1.807) is 6.20 Å². The van der Waals surface area contributed by atoms with E-state index in [2.05, 4.69) is 37.6 Å². The first kappa shape index (κ1) is 18.9. The minimum atomic E-state index is -0.274. The third-order valence-corrected chi connectivity index (χ3v) is 5.14. The van der Waals surface area contributed by atoms with Gasteiger partial charge in [0.25, 0.3) is 5.91 Å². The number of nitrogens with zero attached hydrogens (tertiary/aromatic N) is 3. The zero-order valence-corrected chi connectivity index (χ0v) is 16.6. The van der Waals surface area contributed by atoms with Crippen molar-refractivity contribution >= 4 is 28.8 Å². The molecule has 2 aromatic carbocycles. The van der Waals surface area contributed by atoms with Crippen LogP contribution in [0.1, 0.15) is 35.3 Å². The van der Waals surface area contributed by atoms with Crippen LogP contribution in [0, 0.1) is 6.92 Å². The van der Waals surface area contributed by atoms with Crippen LogP contribution in [0.25, 0.3) is 0 Å². The average molecular weight is 387 g/mol. The van der Waals surface area contributed by atoms with Crippen molar-refractivity contribution in [2.45, 2.75) is 26.2 Å². The minimum Gasteiger partial charge on any atom is -0.372 e. The van der Waals surface area contributed by atoms with Crippen LogP contribution >= 0.6 is 0 Å². The highest BCUT2D eigenvalue weighted by Crippen LogP contribution is 2.23. The maximum absolute atomic E-state index is 12.4. The van der Waals surface area contributed by atoms with Crippen LogP contribution in [0.3, 0.4) is 0 Å². The zero-order chi connectivity index (χ0) is 20.1. The number of carbonyl (C=O) groups is 1. The van der Waals surface area contributed by atoms with Gasteiger partial charge in [-0.2, -0.15) is 0 Å². The van der Waals surface area contributed by atoms with E-state index in [1.165, 1.54) is 31.1 Å². The van der Waals surface area contributed by atoms with Crippen LogP contribution in [0.5, 0.6) is 0 Å². The largest absolute Gasteiger partial charge is 0.372 e. The fourth-order valence-electron chi connectivity index (χ4n) is 3.46. The van der Waals surface area contributed by atoms with Crippen LogP contribution in [0.15, 0.2) is 60.9 Å². The lowest BCUT2D eigenvalue weighted by atomic mass is 10.1. The SMILES string of the molecule is Cc1ccccc1NC(=O)c1cnc(Nc2ccc(N3CCCCC3)cc2)cn1. The normalized spacial score (nSPS) is 13.8. The highest BCUT2D eigenvalue weighted by atomic mass is 16.1. The maximum Gasteiger partial charge on any atom is 0.275 e. The van der Waals surface area contributed by atoms with Gasteiger partial charge in [-0.05, 0) is 62.1 Å². The molecule has 0 radical (unpaired) electrons. The van der Waals surface area contributed by atoms with Gasteiger partial charge in [-0.1, -0.05) is 18.2 Å². The Morgan fingerprint density at radius 2 is 1.69 bits per heavy atom. The summed E-state index contributed by atoms with van der Waals surface area (Å²) in [5.74, 6) is 0.326. The van der Waals surface area contributed by atoms with E-state index in [0.717, 1.165) is 30.0 Å². The van der Waals surface area contributed by atoms with E-state index >= 15 is 0 Å². The fourth-order valence-corrected chi connectivity index (χ4v) is 3.46. The molecule has 1 aliphatic rings. The number of hydrogen-bond acceptors (Lipinski definition) is 5. The summed E-state index contributed by atoms with van der Waals surface area (Å²) in [6.45, 7) is 4.21. The third kappa shape index (κ3) is 4.71. The molecule has 0 spiro atoms. The van der Waals surface area contributed by atoms with Crippen molar-refractivity contribution in [2.75, 3.05) is 28.6 Å². The second-order valence-corrected chi connectivity index (χ2v) is 7.28. The number of anilines is 4. The Kier molecular flexibility index (Phi) is 5.70. The molecule has 0 saturated carbocycles. The fraction of sp³-hybridized carbons (Fsp3) is 0.261. The summed E-state index contributed by atoms with van der Waals surface area (Å²) in [6.07, 6.45) is 6.91. The molecule has 0 atom stereocenters. The molecular formula is C23H25N5O. The Morgan fingerprint density at radius 1 is 0.931 bits per heavy atom. The molecule has 29 heavy (non-hydrogen) atoms. The number of carbonyl (C=O) groups excluding carboxylic acids is 1.